The van der Waals surface area contributed by atoms with Crippen LogP contribution in [0.25, 0.3) is 0 Å². The fraction of sp³-hybridized carbons (Fsp3) is 0.333. The topological polar surface area (TPSA) is 96.9 Å². The van der Waals surface area contributed by atoms with Gasteiger partial charge in [-0.15, -0.1) is 0 Å². The quantitative estimate of drug-likeness (QED) is 0.255. The summed E-state index contributed by atoms with van der Waals surface area (Å²) in [6.07, 6.45) is 7.01. The molecule has 7 nitrogen and oxygen atoms in total. The first-order valence-corrected chi connectivity index (χ1v) is 11.6. The van der Waals surface area contributed by atoms with Gasteiger partial charge in [0.05, 0.1) is 19.3 Å². The van der Waals surface area contributed by atoms with Gasteiger partial charge in [-0.25, -0.2) is 0 Å². The summed E-state index contributed by atoms with van der Waals surface area (Å²) >= 11 is 0. The molecule has 0 aromatic heterocycles. The first-order chi connectivity index (χ1) is 16.5. The van der Waals surface area contributed by atoms with Crippen molar-refractivity contribution in [1.82, 2.24) is 10.6 Å². The van der Waals surface area contributed by atoms with Crippen LogP contribution in [-0.2, 0) is 0 Å². The fourth-order valence-electron chi connectivity index (χ4n) is 2.81. The Morgan fingerprint density at radius 3 is 1.50 bits per heavy atom. The monoisotopic (exact) mass is 466 g/mol. The van der Waals surface area contributed by atoms with Gasteiger partial charge < -0.3 is 25.2 Å². The van der Waals surface area contributed by atoms with E-state index in [0.717, 1.165) is 24.3 Å². The van der Waals surface area contributed by atoms with Crippen LogP contribution < -0.4 is 20.1 Å². The Balaban J connectivity index is 1.65. The van der Waals surface area contributed by atoms with Crippen LogP contribution in [0.15, 0.2) is 73.1 Å². The number of aliphatic hydroxyl groups excluding tert-OH is 1. The van der Waals surface area contributed by atoms with Crippen LogP contribution in [0.1, 0.15) is 47.4 Å². The van der Waals surface area contributed by atoms with Gasteiger partial charge in [0.25, 0.3) is 0 Å². The van der Waals surface area contributed by atoms with Crippen molar-refractivity contribution in [3.05, 3.63) is 84.2 Å². The van der Waals surface area contributed by atoms with Gasteiger partial charge in [-0.3, -0.25) is 9.59 Å². The molecule has 0 atom stereocenters. The molecule has 0 saturated heterocycles. The lowest BCUT2D eigenvalue weighted by atomic mass is 10.1. The van der Waals surface area contributed by atoms with E-state index >= 15 is 0 Å². The highest BCUT2D eigenvalue weighted by atomic mass is 16.5. The molecule has 0 amide bonds. The Morgan fingerprint density at radius 1 is 0.765 bits per heavy atom. The van der Waals surface area contributed by atoms with Gasteiger partial charge in [0.1, 0.15) is 11.5 Å². The summed E-state index contributed by atoms with van der Waals surface area (Å²) in [5.74, 6) is 1.19. The van der Waals surface area contributed by atoms with Gasteiger partial charge in [0.2, 0.25) is 0 Å². The minimum absolute atomic E-state index is 0.145. The first-order valence-electron chi connectivity index (χ1n) is 11.6. The Labute approximate surface area is 201 Å². The van der Waals surface area contributed by atoms with E-state index in [-0.39, 0.29) is 24.7 Å². The average molecular weight is 467 g/mol. The summed E-state index contributed by atoms with van der Waals surface area (Å²) in [5.41, 5.74) is 1.11. The third-order valence-corrected chi connectivity index (χ3v) is 4.64. The lowest BCUT2D eigenvalue weighted by Crippen LogP contribution is -2.31. The van der Waals surface area contributed by atoms with Crippen LogP contribution in [0.3, 0.4) is 0 Å². The van der Waals surface area contributed by atoms with Crippen molar-refractivity contribution in [3.8, 4) is 11.5 Å². The number of hydrogen-bond donors (Lipinski definition) is 3. The summed E-state index contributed by atoms with van der Waals surface area (Å²) in [6, 6.07) is 14.0. The van der Waals surface area contributed by atoms with E-state index in [4.69, 9.17) is 9.47 Å². The Morgan fingerprint density at radius 2 is 1.15 bits per heavy atom. The van der Waals surface area contributed by atoms with Crippen molar-refractivity contribution in [2.45, 2.75) is 32.8 Å². The number of nitrogens with one attached hydrogen (secondary N) is 2. The molecule has 0 radical (unpaired) electrons. The van der Waals surface area contributed by atoms with E-state index in [2.05, 4.69) is 10.6 Å². The van der Waals surface area contributed by atoms with Crippen LogP contribution in [0.5, 0.6) is 11.5 Å². The van der Waals surface area contributed by atoms with Crippen LogP contribution in [0, 0.1) is 0 Å². The predicted octanol–water partition coefficient (Wildman–Crippen LogP) is 3.90. The normalized spacial score (nSPS) is 12.0. The van der Waals surface area contributed by atoms with E-state index in [1.165, 1.54) is 24.6 Å². The molecule has 2 rings (SSSR count). The molecular weight excluding hydrogens is 432 g/mol. The van der Waals surface area contributed by atoms with Gasteiger partial charge in [0, 0.05) is 48.8 Å². The molecule has 0 unspecified atom stereocenters. The SMILES string of the molecule is CCCOc1ccc(C(=O)C=CNCC(O)CNC=CC(=O)c2ccc(OCCC)cc2)cc1. The summed E-state index contributed by atoms with van der Waals surface area (Å²) < 4.78 is 11.0. The van der Waals surface area contributed by atoms with Crippen molar-refractivity contribution < 1.29 is 24.2 Å². The summed E-state index contributed by atoms with van der Waals surface area (Å²) in [4.78, 5) is 24.4. The highest BCUT2D eigenvalue weighted by molar-refractivity contribution is 6.05. The molecule has 0 heterocycles. The number of hydrogen-bond acceptors (Lipinski definition) is 7. The summed E-state index contributed by atoms with van der Waals surface area (Å²) in [7, 11) is 0. The zero-order chi connectivity index (χ0) is 24.6. The molecule has 0 bridgehead atoms. The Hall–Kier alpha value is -3.58. The lowest BCUT2D eigenvalue weighted by molar-refractivity contribution is 0.103. The molecule has 2 aromatic rings. The van der Waals surface area contributed by atoms with E-state index in [1.807, 2.05) is 13.8 Å². The highest BCUT2D eigenvalue weighted by Crippen LogP contribution is 2.14. The predicted molar refractivity (Wildman–Crippen MR) is 133 cm³/mol. The summed E-state index contributed by atoms with van der Waals surface area (Å²) in [5, 5.41) is 15.8. The van der Waals surface area contributed by atoms with Gasteiger partial charge in [0.15, 0.2) is 11.6 Å². The number of aliphatic hydroxyl groups is 1. The maximum atomic E-state index is 12.2. The number of allylic oxidation sites excluding steroid dienone is 2. The molecule has 3 N–H and O–H groups in total. The third-order valence-electron chi connectivity index (χ3n) is 4.64. The van der Waals surface area contributed by atoms with Gasteiger partial charge >= 0.3 is 0 Å². The number of ketones is 2. The second-order valence-electron chi connectivity index (χ2n) is 7.61. The molecule has 0 spiro atoms. The van der Waals surface area contributed by atoms with Crippen molar-refractivity contribution in [2.24, 2.45) is 0 Å². The Bertz CT molecular complexity index is 859. The fourth-order valence-corrected chi connectivity index (χ4v) is 2.81. The van der Waals surface area contributed by atoms with Gasteiger partial charge in [-0.1, -0.05) is 13.8 Å². The van der Waals surface area contributed by atoms with E-state index in [9.17, 15) is 14.7 Å². The van der Waals surface area contributed by atoms with E-state index in [0.29, 0.717) is 24.3 Å². The molecule has 7 heteroatoms. The molecule has 0 fully saturated rings. The molecule has 0 aliphatic carbocycles. The molecule has 34 heavy (non-hydrogen) atoms. The van der Waals surface area contributed by atoms with Crippen LogP contribution in [0.2, 0.25) is 0 Å². The molecule has 182 valence electrons. The van der Waals surface area contributed by atoms with Crippen molar-refractivity contribution in [1.29, 1.82) is 0 Å². The highest BCUT2D eigenvalue weighted by Gasteiger charge is 2.05. The minimum Gasteiger partial charge on any atom is -0.494 e. The molecular formula is C27H34N2O5. The molecule has 0 saturated carbocycles. The van der Waals surface area contributed by atoms with E-state index < -0.39 is 6.10 Å². The lowest BCUT2D eigenvalue weighted by Gasteiger charge is -2.10. The second-order valence-corrected chi connectivity index (χ2v) is 7.61. The molecule has 0 aliphatic heterocycles. The van der Waals surface area contributed by atoms with Crippen LogP contribution >= 0.6 is 0 Å². The number of carbonyl (C=O) groups excluding carboxylic acids is 2. The zero-order valence-electron chi connectivity index (χ0n) is 19.8. The maximum Gasteiger partial charge on any atom is 0.187 e. The first kappa shape index (κ1) is 26.7. The number of ether oxygens (including phenoxy) is 2. The van der Waals surface area contributed by atoms with E-state index in [1.54, 1.807) is 48.5 Å². The van der Waals surface area contributed by atoms with Crippen LogP contribution in [0.4, 0.5) is 0 Å². The standard InChI is InChI=1S/C27H34N2O5/c1-3-17-33-24-9-5-21(6-10-24)26(31)13-15-28-19-23(30)20-29-16-14-27(32)22-7-11-25(12-8-22)34-18-4-2/h5-16,23,28-30H,3-4,17-20H2,1-2H3. The van der Waals surface area contributed by atoms with Crippen LogP contribution in [-0.4, -0.2) is 49.1 Å². The molecule has 2 aromatic carbocycles. The largest absolute Gasteiger partial charge is 0.494 e. The van der Waals surface area contributed by atoms with Gasteiger partial charge in [-0.2, -0.15) is 0 Å². The smallest absolute Gasteiger partial charge is 0.187 e. The number of benzene rings is 2. The van der Waals surface area contributed by atoms with Crippen molar-refractivity contribution in [2.75, 3.05) is 26.3 Å². The zero-order valence-corrected chi connectivity index (χ0v) is 19.8. The number of carbonyl (C=O) groups is 2. The number of rotatable bonds is 16. The third kappa shape index (κ3) is 9.92. The maximum absolute atomic E-state index is 12.2. The molecule has 0 aliphatic rings. The van der Waals surface area contributed by atoms with Gasteiger partial charge in [-0.05, 0) is 61.4 Å². The Kier molecular flexibility index (Phi) is 12.0. The second kappa shape index (κ2) is 15.3. The van der Waals surface area contributed by atoms with Crippen molar-refractivity contribution in [3.63, 3.8) is 0 Å². The minimum atomic E-state index is -0.704. The summed E-state index contributed by atoms with van der Waals surface area (Å²) in [6.45, 7) is 5.85. The average Bonchev–Trinajstić information content (AvgIpc) is 2.87. The van der Waals surface area contributed by atoms with Crippen molar-refractivity contribution >= 4 is 11.6 Å².